The van der Waals surface area contributed by atoms with Crippen molar-refractivity contribution in [1.82, 2.24) is 0 Å². The van der Waals surface area contributed by atoms with Crippen molar-refractivity contribution < 1.29 is 9.85 Å². The van der Waals surface area contributed by atoms with Crippen LogP contribution in [0, 0.1) is 20.2 Å². The molecule has 0 spiro atoms. The predicted octanol–water partition coefficient (Wildman–Crippen LogP) is 6.04. The molecule has 0 aliphatic carbocycles. The highest BCUT2D eigenvalue weighted by Crippen LogP contribution is 2.47. The van der Waals surface area contributed by atoms with Crippen LogP contribution >= 0.6 is 21.6 Å². The number of rotatable bonds is 9. The molecule has 0 radical (unpaired) electrons. The van der Waals surface area contributed by atoms with Gasteiger partial charge in [-0.1, -0.05) is 58.0 Å². The minimum atomic E-state index is -0.434. The Morgan fingerprint density at radius 2 is 1.04 bits per heavy atom. The third-order valence-electron chi connectivity index (χ3n) is 3.56. The molecule has 0 fully saturated rings. The lowest BCUT2D eigenvalue weighted by atomic mass is 10.1. The monoisotopic (exact) mass is 388 g/mol. The Balaban J connectivity index is 2.07. The largest absolute Gasteiger partial charge is 0.269 e. The van der Waals surface area contributed by atoms with Gasteiger partial charge in [0.15, 0.2) is 0 Å². The van der Waals surface area contributed by atoms with Gasteiger partial charge in [-0.3, -0.25) is 20.2 Å². The highest BCUT2D eigenvalue weighted by Gasteiger charge is 2.16. The second-order valence-electron chi connectivity index (χ2n) is 5.20. The van der Waals surface area contributed by atoms with E-state index in [4.69, 9.17) is 0 Å². The molecule has 6 nitrogen and oxygen atoms in total. The van der Waals surface area contributed by atoms with E-state index in [1.165, 1.54) is 24.3 Å². The molecule has 26 heavy (non-hydrogen) atoms. The average Bonchev–Trinajstić information content (AvgIpc) is 2.65. The van der Waals surface area contributed by atoms with Crippen molar-refractivity contribution in [3.05, 3.63) is 105 Å². The molecule has 0 amide bonds. The minimum Gasteiger partial charge on any atom is -0.258 e. The summed E-state index contributed by atoms with van der Waals surface area (Å²) in [5, 5.41) is 21.4. The SMILES string of the molecule is C=CC(SSC(C=C)c1ccc([N+](=O)[O-])cc1)c1ccc([N+](=O)[O-])cc1. The Morgan fingerprint density at radius 3 is 1.27 bits per heavy atom. The number of non-ortho nitro benzene ring substituents is 2. The fourth-order valence-electron chi connectivity index (χ4n) is 2.15. The molecule has 0 saturated heterocycles. The second-order valence-corrected chi connectivity index (χ2v) is 7.76. The van der Waals surface area contributed by atoms with Crippen LogP contribution in [0.1, 0.15) is 21.6 Å². The summed E-state index contributed by atoms with van der Waals surface area (Å²) in [6, 6.07) is 12.7. The molecular formula is C18H16N2O4S2. The molecule has 0 saturated carbocycles. The van der Waals surface area contributed by atoms with Crippen molar-refractivity contribution in [2.24, 2.45) is 0 Å². The summed E-state index contributed by atoms with van der Waals surface area (Å²) in [6.07, 6.45) is 3.55. The molecule has 0 aliphatic rings. The predicted molar refractivity (Wildman–Crippen MR) is 107 cm³/mol. The van der Waals surface area contributed by atoms with Crippen LogP contribution in [-0.2, 0) is 0 Å². The highest BCUT2D eigenvalue weighted by molar-refractivity contribution is 8.76. The number of nitro benzene ring substituents is 2. The first-order chi connectivity index (χ1) is 12.5. The van der Waals surface area contributed by atoms with Crippen molar-refractivity contribution in [3.63, 3.8) is 0 Å². The van der Waals surface area contributed by atoms with Gasteiger partial charge in [-0.05, 0) is 11.1 Å². The van der Waals surface area contributed by atoms with Crippen LogP contribution in [-0.4, -0.2) is 9.85 Å². The quantitative estimate of drug-likeness (QED) is 0.225. The number of benzene rings is 2. The first kappa shape index (κ1) is 19.7. The van der Waals surface area contributed by atoms with E-state index in [0.29, 0.717) is 0 Å². The Kier molecular flexibility index (Phi) is 6.99. The number of hydrogen-bond donors (Lipinski definition) is 0. The van der Waals surface area contributed by atoms with Crippen molar-refractivity contribution >= 4 is 33.0 Å². The van der Waals surface area contributed by atoms with Crippen LogP contribution in [0.25, 0.3) is 0 Å². The average molecular weight is 388 g/mol. The maximum atomic E-state index is 10.8. The van der Waals surface area contributed by atoms with Gasteiger partial charge in [0, 0.05) is 24.3 Å². The summed E-state index contributed by atoms with van der Waals surface area (Å²) in [5.41, 5.74) is 1.91. The van der Waals surface area contributed by atoms with Crippen molar-refractivity contribution in [3.8, 4) is 0 Å². The molecule has 0 bridgehead atoms. The van der Waals surface area contributed by atoms with Gasteiger partial charge in [0.05, 0.1) is 20.3 Å². The molecule has 2 aromatic carbocycles. The topological polar surface area (TPSA) is 86.3 Å². The fourth-order valence-corrected chi connectivity index (χ4v) is 4.94. The molecule has 2 unspecified atom stereocenters. The van der Waals surface area contributed by atoms with Crippen LogP contribution in [0.15, 0.2) is 73.8 Å². The van der Waals surface area contributed by atoms with Crippen LogP contribution < -0.4 is 0 Å². The van der Waals surface area contributed by atoms with Crippen molar-refractivity contribution in [1.29, 1.82) is 0 Å². The third-order valence-corrected chi connectivity index (χ3v) is 6.59. The minimum absolute atomic E-state index is 0.0454. The lowest BCUT2D eigenvalue weighted by Gasteiger charge is -2.16. The first-order valence-corrected chi connectivity index (χ1v) is 9.79. The van der Waals surface area contributed by atoms with E-state index in [2.05, 4.69) is 13.2 Å². The van der Waals surface area contributed by atoms with E-state index >= 15 is 0 Å². The second kappa shape index (κ2) is 9.21. The van der Waals surface area contributed by atoms with E-state index in [9.17, 15) is 20.2 Å². The number of hydrogen-bond acceptors (Lipinski definition) is 6. The number of nitro groups is 2. The zero-order valence-corrected chi connectivity index (χ0v) is 15.3. The summed E-state index contributed by atoms with van der Waals surface area (Å²) in [7, 11) is 3.10. The van der Waals surface area contributed by atoms with Gasteiger partial charge in [-0.25, -0.2) is 0 Å². The van der Waals surface area contributed by atoms with E-state index in [0.717, 1.165) is 11.1 Å². The molecular weight excluding hydrogens is 372 g/mol. The van der Waals surface area contributed by atoms with E-state index in [1.807, 2.05) is 0 Å². The molecule has 0 N–H and O–H groups in total. The van der Waals surface area contributed by atoms with Gasteiger partial charge in [0.1, 0.15) is 0 Å². The fraction of sp³-hybridized carbons (Fsp3) is 0.111. The molecule has 2 rings (SSSR count). The van der Waals surface area contributed by atoms with Gasteiger partial charge >= 0.3 is 0 Å². The van der Waals surface area contributed by atoms with Crippen molar-refractivity contribution in [2.45, 2.75) is 10.5 Å². The molecule has 134 valence electrons. The molecule has 0 heterocycles. The summed E-state index contributed by atoms with van der Waals surface area (Å²) >= 11 is 0. The van der Waals surface area contributed by atoms with Crippen LogP contribution in [0.2, 0.25) is 0 Å². The molecule has 0 aliphatic heterocycles. The zero-order chi connectivity index (χ0) is 19.1. The Bertz CT molecular complexity index is 737. The van der Waals surface area contributed by atoms with Gasteiger partial charge in [-0.2, -0.15) is 0 Å². The summed E-state index contributed by atoms with van der Waals surface area (Å²) in [6.45, 7) is 7.67. The Morgan fingerprint density at radius 1 is 0.731 bits per heavy atom. The maximum Gasteiger partial charge on any atom is 0.269 e. The molecule has 8 heteroatoms. The first-order valence-electron chi connectivity index (χ1n) is 7.52. The standard InChI is InChI=1S/C18H16N2O4S2/c1-3-17(13-5-9-15(10-6-13)19(21)22)25-26-18(4-2)14-7-11-16(12-8-14)20(23)24/h3-12,17-18H,1-2H2. The van der Waals surface area contributed by atoms with Crippen LogP contribution in [0.4, 0.5) is 11.4 Å². The Hall–Kier alpha value is -2.58. The van der Waals surface area contributed by atoms with E-state index in [1.54, 1.807) is 58.0 Å². The van der Waals surface area contributed by atoms with Crippen LogP contribution in [0.5, 0.6) is 0 Å². The van der Waals surface area contributed by atoms with Gasteiger partial charge in [-0.15, -0.1) is 13.2 Å². The van der Waals surface area contributed by atoms with Crippen molar-refractivity contribution in [2.75, 3.05) is 0 Å². The maximum absolute atomic E-state index is 10.8. The van der Waals surface area contributed by atoms with E-state index < -0.39 is 9.85 Å². The number of nitrogens with zero attached hydrogens (tertiary/aromatic N) is 2. The Labute approximate surface area is 158 Å². The zero-order valence-electron chi connectivity index (χ0n) is 13.7. The highest BCUT2D eigenvalue weighted by atomic mass is 33.1. The third kappa shape index (κ3) is 4.96. The molecule has 2 aromatic rings. The molecule has 0 aromatic heterocycles. The normalized spacial score (nSPS) is 12.8. The van der Waals surface area contributed by atoms with Gasteiger partial charge < -0.3 is 0 Å². The summed E-state index contributed by atoms with van der Waals surface area (Å²) in [4.78, 5) is 20.6. The van der Waals surface area contributed by atoms with E-state index in [-0.39, 0.29) is 21.9 Å². The summed E-state index contributed by atoms with van der Waals surface area (Å²) < 4.78 is 0. The van der Waals surface area contributed by atoms with Crippen LogP contribution in [0.3, 0.4) is 0 Å². The summed E-state index contributed by atoms with van der Waals surface area (Å²) in [5.74, 6) is 0. The lowest BCUT2D eigenvalue weighted by molar-refractivity contribution is -0.385. The molecule has 2 atom stereocenters. The lowest BCUT2D eigenvalue weighted by Crippen LogP contribution is -1.93. The van der Waals surface area contributed by atoms with Gasteiger partial charge in [0.2, 0.25) is 0 Å². The smallest absolute Gasteiger partial charge is 0.258 e. The van der Waals surface area contributed by atoms with Gasteiger partial charge in [0.25, 0.3) is 11.4 Å².